The highest BCUT2D eigenvalue weighted by Gasteiger charge is 2.23. The zero-order chi connectivity index (χ0) is 8.10. The molecule has 0 spiro atoms. The van der Waals surface area contributed by atoms with E-state index in [1.54, 1.807) is 0 Å². The van der Waals surface area contributed by atoms with Crippen molar-refractivity contribution >= 4 is 0 Å². The summed E-state index contributed by atoms with van der Waals surface area (Å²) in [5, 5.41) is 12.6. The number of likely N-dealkylation sites (N-methyl/N-ethyl adjacent to an activating group) is 1. The van der Waals surface area contributed by atoms with Crippen molar-refractivity contribution in [3.05, 3.63) is 0 Å². The minimum absolute atomic E-state index is 0.0778. The fraction of sp³-hybridized carbons (Fsp3) is 1.00. The Hall–Kier alpha value is -0.120. The van der Waals surface area contributed by atoms with Crippen molar-refractivity contribution < 1.29 is 9.84 Å². The van der Waals surface area contributed by atoms with E-state index in [1.165, 1.54) is 0 Å². The minimum atomic E-state index is -0.322. The van der Waals surface area contributed by atoms with Gasteiger partial charge in [-0.05, 0) is 19.4 Å². The topological polar surface area (TPSA) is 41.5 Å². The van der Waals surface area contributed by atoms with Gasteiger partial charge in [-0.25, -0.2) is 0 Å². The Bertz CT molecular complexity index is 102. The van der Waals surface area contributed by atoms with E-state index >= 15 is 0 Å². The molecule has 0 saturated carbocycles. The molecule has 2 atom stereocenters. The number of aliphatic hydroxyl groups is 1. The fourth-order valence-electron chi connectivity index (χ4n) is 1.33. The highest BCUT2D eigenvalue weighted by molar-refractivity contribution is 4.74. The van der Waals surface area contributed by atoms with E-state index in [2.05, 4.69) is 5.32 Å². The quantitative estimate of drug-likeness (QED) is 0.613. The lowest BCUT2D eigenvalue weighted by molar-refractivity contribution is -0.000203. The van der Waals surface area contributed by atoms with Crippen LogP contribution in [0.25, 0.3) is 0 Å². The molecule has 0 aromatic carbocycles. The Morgan fingerprint density at radius 3 is 3.09 bits per heavy atom. The average Bonchev–Trinajstić information content (AvgIpc) is 2.52. The second-order valence-electron chi connectivity index (χ2n) is 2.93. The van der Waals surface area contributed by atoms with Crippen molar-refractivity contribution in [2.24, 2.45) is 0 Å². The molecule has 1 aliphatic heterocycles. The number of ether oxygens (including phenoxy) is 1. The summed E-state index contributed by atoms with van der Waals surface area (Å²) < 4.78 is 5.32. The first kappa shape index (κ1) is 8.97. The Balaban J connectivity index is 2.12. The molecule has 3 nitrogen and oxygen atoms in total. The lowest BCUT2D eigenvalue weighted by atomic mass is 10.1. The average molecular weight is 159 g/mol. The molecular formula is C8H17NO2. The van der Waals surface area contributed by atoms with E-state index < -0.39 is 0 Å². The predicted octanol–water partition coefficient (Wildman–Crippen LogP) is 0.136. The summed E-state index contributed by atoms with van der Waals surface area (Å²) in [6.45, 7) is 4.40. The first-order chi connectivity index (χ1) is 5.34. The second kappa shape index (κ2) is 4.70. The van der Waals surface area contributed by atoms with Gasteiger partial charge in [0, 0.05) is 13.2 Å². The zero-order valence-corrected chi connectivity index (χ0v) is 7.05. The van der Waals surface area contributed by atoms with Crippen LogP contribution in [0.3, 0.4) is 0 Å². The Labute approximate surface area is 67.7 Å². The maximum atomic E-state index is 9.49. The first-order valence-corrected chi connectivity index (χ1v) is 4.35. The van der Waals surface area contributed by atoms with Gasteiger partial charge in [-0.2, -0.15) is 0 Å². The van der Waals surface area contributed by atoms with Crippen molar-refractivity contribution in [2.75, 3.05) is 19.7 Å². The Kier molecular flexibility index (Phi) is 3.83. The molecular weight excluding hydrogens is 142 g/mol. The molecule has 1 heterocycles. The Morgan fingerprint density at radius 1 is 1.73 bits per heavy atom. The third-order valence-corrected chi connectivity index (χ3v) is 2.00. The number of hydrogen-bond acceptors (Lipinski definition) is 3. The summed E-state index contributed by atoms with van der Waals surface area (Å²) in [5.41, 5.74) is 0. The lowest BCUT2D eigenvalue weighted by Crippen LogP contribution is -2.35. The van der Waals surface area contributed by atoms with Gasteiger partial charge in [0.1, 0.15) is 0 Å². The molecule has 0 aliphatic carbocycles. The monoisotopic (exact) mass is 159 g/mol. The Morgan fingerprint density at radius 2 is 2.55 bits per heavy atom. The van der Waals surface area contributed by atoms with Crippen molar-refractivity contribution in [2.45, 2.75) is 32.0 Å². The van der Waals surface area contributed by atoms with E-state index in [1.807, 2.05) is 6.92 Å². The van der Waals surface area contributed by atoms with Crippen LogP contribution in [0.5, 0.6) is 0 Å². The molecule has 1 rings (SSSR count). The van der Waals surface area contributed by atoms with Gasteiger partial charge in [-0.15, -0.1) is 0 Å². The molecule has 1 aliphatic rings. The molecule has 0 radical (unpaired) electrons. The van der Waals surface area contributed by atoms with Crippen molar-refractivity contribution in [3.63, 3.8) is 0 Å². The molecule has 66 valence electrons. The maximum absolute atomic E-state index is 9.49. The molecule has 3 heteroatoms. The van der Waals surface area contributed by atoms with Gasteiger partial charge in [-0.3, -0.25) is 0 Å². The molecule has 1 saturated heterocycles. The van der Waals surface area contributed by atoms with Gasteiger partial charge in [0.05, 0.1) is 12.2 Å². The molecule has 11 heavy (non-hydrogen) atoms. The smallest absolute Gasteiger partial charge is 0.0925 e. The van der Waals surface area contributed by atoms with E-state index in [4.69, 9.17) is 4.74 Å². The van der Waals surface area contributed by atoms with Gasteiger partial charge >= 0.3 is 0 Å². The molecule has 0 amide bonds. The highest BCUT2D eigenvalue weighted by Crippen LogP contribution is 2.14. The van der Waals surface area contributed by atoms with Crippen molar-refractivity contribution in [3.8, 4) is 0 Å². The van der Waals surface area contributed by atoms with Crippen LogP contribution in [-0.2, 0) is 4.74 Å². The van der Waals surface area contributed by atoms with Crippen LogP contribution in [0, 0.1) is 0 Å². The van der Waals surface area contributed by atoms with E-state index in [-0.39, 0.29) is 12.2 Å². The SMILES string of the molecule is CCNCC(O)C1CCCO1. The van der Waals surface area contributed by atoms with Gasteiger partial charge < -0.3 is 15.2 Å². The minimum Gasteiger partial charge on any atom is -0.389 e. The molecule has 2 N–H and O–H groups in total. The van der Waals surface area contributed by atoms with Gasteiger partial charge in [-0.1, -0.05) is 6.92 Å². The molecule has 1 fully saturated rings. The lowest BCUT2D eigenvalue weighted by Gasteiger charge is -2.16. The van der Waals surface area contributed by atoms with Gasteiger partial charge in [0.25, 0.3) is 0 Å². The van der Waals surface area contributed by atoms with Crippen LogP contribution in [0.2, 0.25) is 0 Å². The zero-order valence-electron chi connectivity index (χ0n) is 7.05. The van der Waals surface area contributed by atoms with E-state index in [9.17, 15) is 5.11 Å². The molecule has 2 unspecified atom stereocenters. The second-order valence-corrected chi connectivity index (χ2v) is 2.93. The number of hydrogen-bond donors (Lipinski definition) is 2. The fourth-order valence-corrected chi connectivity index (χ4v) is 1.33. The molecule has 0 aromatic heterocycles. The van der Waals surface area contributed by atoms with Crippen LogP contribution in [0.15, 0.2) is 0 Å². The largest absolute Gasteiger partial charge is 0.389 e. The van der Waals surface area contributed by atoms with Crippen LogP contribution in [-0.4, -0.2) is 37.0 Å². The normalized spacial score (nSPS) is 27.3. The summed E-state index contributed by atoms with van der Waals surface area (Å²) >= 11 is 0. The third kappa shape index (κ3) is 2.77. The van der Waals surface area contributed by atoms with Crippen LogP contribution >= 0.6 is 0 Å². The van der Waals surface area contributed by atoms with Crippen LogP contribution < -0.4 is 5.32 Å². The van der Waals surface area contributed by atoms with Crippen LogP contribution in [0.4, 0.5) is 0 Å². The summed E-state index contributed by atoms with van der Waals surface area (Å²) in [6, 6.07) is 0. The molecule has 0 bridgehead atoms. The summed E-state index contributed by atoms with van der Waals surface area (Å²) in [6.07, 6.45) is 1.85. The highest BCUT2D eigenvalue weighted by atomic mass is 16.5. The van der Waals surface area contributed by atoms with Crippen molar-refractivity contribution in [1.82, 2.24) is 5.32 Å². The summed E-state index contributed by atoms with van der Waals surface area (Å²) in [5.74, 6) is 0. The van der Waals surface area contributed by atoms with Gasteiger partial charge in [0.15, 0.2) is 0 Å². The number of aliphatic hydroxyl groups excluding tert-OH is 1. The third-order valence-electron chi connectivity index (χ3n) is 2.00. The predicted molar refractivity (Wildman–Crippen MR) is 43.5 cm³/mol. The van der Waals surface area contributed by atoms with Gasteiger partial charge in [0.2, 0.25) is 0 Å². The van der Waals surface area contributed by atoms with Crippen LogP contribution in [0.1, 0.15) is 19.8 Å². The summed E-state index contributed by atoms with van der Waals surface area (Å²) in [4.78, 5) is 0. The number of rotatable bonds is 4. The molecule has 0 aromatic rings. The first-order valence-electron chi connectivity index (χ1n) is 4.35. The summed E-state index contributed by atoms with van der Waals surface area (Å²) in [7, 11) is 0. The maximum Gasteiger partial charge on any atom is 0.0925 e. The number of nitrogens with one attached hydrogen (secondary N) is 1. The van der Waals surface area contributed by atoms with Crippen molar-refractivity contribution in [1.29, 1.82) is 0 Å². The van der Waals surface area contributed by atoms with E-state index in [0.29, 0.717) is 6.54 Å². The van der Waals surface area contributed by atoms with E-state index in [0.717, 1.165) is 26.0 Å². The standard InChI is InChI=1S/C8H17NO2/c1-2-9-6-7(10)8-4-3-5-11-8/h7-10H,2-6H2,1H3.